The third kappa shape index (κ3) is 1.34. The maximum Gasteiger partial charge on any atom is 0.102 e. The van der Waals surface area contributed by atoms with Crippen molar-refractivity contribution >= 4 is 0 Å². The van der Waals surface area contributed by atoms with Crippen molar-refractivity contribution in [1.29, 1.82) is 0 Å². The first-order valence-electron chi connectivity index (χ1n) is 4.85. The van der Waals surface area contributed by atoms with Crippen molar-refractivity contribution in [2.75, 3.05) is 0 Å². The molecule has 0 aliphatic heterocycles. The Kier molecular flexibility index (Phi) is 2.31. The van der Waals surface area contributed by atoms with Gasteiger partial charge in [0.15, 0.2) is 0 Å². The lowest BCUT2D eigenvalue weighted by molar-refractivity contribution is 0.00936. The van der Waals surface area contributed by atoms with Gasteiger partial charge in [0, 0.05) is 0 Å². The average Bonchev–Trinajstić information content (AvgIpc) is 2.49. The molecule has 0 spiro atoms. The Hall–Kier alpha value is -0.900. The normalized spacial score (nSPS) is 37.4. The van der Waals surface area contributed by atoms with E-state index < -0.39 is 17.7 Å². The Morgan fingerprint density at radius 3 is 2.36 bits per heavy atom. The van der Waals surface area contributed by atoms with E-state index in [1.807, 2.05) is 30.3 Å². The summed E-state index contributed by atoms with van der Waals surface area (Å²) in [5.41, 5.74) is 6.22. The third-order valence-electron chi connectivity index (χ3n) is 3.06. The van der Waals surface area contributed by atoms with Crippen molar-refractivity contribution in [2.24, 2.45) is 5.73 Å². The van der Waals surface area contributed by atoms with E-state index in [2.05, 4.69) is 0 Å². The molecule has 2 rings (SSSR count). The highest BCUT2D eigenvalue weighted by atomic mass is 16.3. The number of hydrogen-bond acceptors (Lipinski definition) is 3. The molecule has 1 aromatic rings. The van der Waals surface area contributed by atoms with E-state index in [0.29, 0.717) is 12.8 Å². The Morgan fingerprint density at radius 2 is 1.86 bits per heavy atom. The maximum atomic E-state index is 9.80. The summed E-state index contributed by atoms with van der Waals surface area (Å²) in [5, 5.41) is 19.3. The molecule has 1 fully saturated rings. The van der Waals surface area contributed by atoms with Gasteiger partial charge in [0.25, 0.3) is 0 Å². The Bertz CT molecular complexity index is 314. The zero-order chi connectivity index (χ0) is 10.2. The standard InChI is InChI=1S/C11H15NO2/c12-11(7-6-9(13)10(11)14)8-4-2-1-3-5-8/h1-5,9-10,13-14H,6-7,12H2/t9-,10+,11-/m0/s1. The molecule has 1 aliphatic rings. The number of hydrogen-bond donors (Lipinski definition) is 3. The smallest absolute Gasteiger partial charge is 0.102 e. The van der Waals surface area contributed by atoms with Crippen LogP contribution in [0.3, 0.4) is 0 Å². The quantitative estimate of drug-likeness (QED) is 0.603. The highest BCUT2D eigenvalue weighted by Crippen LogP contribution is 2.36. The second kappa shape index (κ2) is 3.35. The second-order valence-electron chi connectivity index (χ2n) is 3.96. The van der Waals surface area contributed by atoms with Crippen molar-refractivity contribution in [3.8, 4) is 0 Å². The van der Waals surface area contributed by atoms with Gasteiger partial charge in [-0.25, -0.2) is 0 Å². The van der Waals surface area contributed by atoms with E-state index in [1.165, 1.54) is 0 Å². The van der Waals surface area contributed by atoms with Crippen LogP contribution in [0.2, 0.25) is 0 Å². The van der Waals surface area contributed by atoms with Gasteiger partial charge >= 0.3 is 0 Å². The molecule has 3 heteroatoms. The minimum absolute atomic E-state index is 0.562. The van der Waals surface area contributed by atoms with Crippen LogP contribution in [0.1, 0.15) is 18.4 Å². The fourth-order valence-electron chi connectivity index (χ4n) is 2.10. The highest BCUT2D eigenvalue weighted by molar-refractivity contribution is 5.27. The predicted octanol–water partition coefficient (Wildman–Crippen LogP) is 0.356. The Labute approximate surface area is 83.2 Å². The number of benzene rings is 1. The predicted molar refractivity (Wildman–Crippen MR) is 53.6 cm³/mol. The van der Waals surface area contributed by atoms with E-state index in [9.17, 15) is 10.2 Å². The molecule has 1 saturated carbocycles. The van der Waals surface area contributed by atoms with E-state index >= 15 is 0 Å². The summed E-state index contributed by atoms with van der Waals surface area (Å²) in [6.07, 6.45) is -0.364. The fraction of sp³-hybridized carbons (Fsp3) is 0.455. The second-order valence-corrected chi connectivity index (χ2v) is 3.96. The van der Waals surface area contributed by atoms with Crippen LogP contribution in [-0.4, -0.2) is 22.4 Å². The summed E-state index contributed by atoms with van der Waals surface area (Å²) in [7, 11) is 0. The number of rotatable bonds is 1. The summed E-state index contributed by atoms with van der Waals surface area (Å²) in [6.45, 7) is 0. The lowest BCUT2D eigenvalue weighted by Gasteiger charge is -2.29. The number of aliphatic hydroxyl groups is 2. The van der Waals surface area contributed by atoms with Gasteiger partial charge in [-0.1, -0.05) is 30.3 Å². The molecule has 1 aromatic carbocycles. The lowest BCUT2D eigenvalue weighted by Crippen LogP contribution is -2.47. The molecular weight excluding hydrogens is 178 g/mol. The molecule has 0 radical (unpaired) electrons. The van der Waals surface area contributed by atoms with Gasteiger partial charge in [0.05, 0.1) is 11.6 Å². The summed E-state index contributed by atoms with van der Waals surface area (Å²) >= 11 is 0. The first-order chi connectivity index (χ1) is 6.64. The topological polar surface area (TPSA) is 66.5 Å². The molecule has 3 atom stereocenters. The van der Waals surface area contributed by atoms with E-state index in [4.69, 9.17) is 5.73 Å². The van der Waals surface area contributed by atoms with E-state index in [0.717, 1.165) is 5.56 Å². The van der Waals surface area contributed by atoms with Crippen molar-refractivity contribution in [3.63, 3.8) is 0 Å². The molecule has 14 heavy (non-hydrogen) atoms. The molecule has 0 saturated heterocycles. The largest absolute Gasteiger partial charge is 0.390 e. The van der Waals surface area contributed by atoms with Crippen LogP contribution >= 0.6 is 0 Å². The highest BCUT2D eigenvalue weighted by Gasteiger charge is 2.45. The molecule has 0 bridgehead atoms. The molecule has 0 amide bonds. The molecule has 0 unspecified atom stereocenters. The molecule has 0 aromatic heterocycles. The average molecular weight is 193 g/mol. The summed E-state index contributed by atoms with van der Waals surface area (Å²) in [5.74, 6) is 0. The van der Waals surface area contributed by atoms with Crippen molar-refractivity contribution in [3.05, 3.63) is 35.9 Å². The van der Waals surface area contributed by atoms with E-state index in [1.54, 1.807) is 0 Å². The number of aliphatic hydroxyl groups excluding tert-OH is 2. The van der Waals surface area contributed by atoms with Crippen LogP contribution in [-0.2, 0) is 5.54 Å². The first-order valence-corrected chi connectivity index (χ1v) is 4.85. The molecule has 76 valence electrons. The Morgan fingerprint density at radius 1 is 1.21 bits per heavy atom. The monoisotopic (exact) mass is 193 g/mol. The van der Waals surface area contributed by atoms with E-state index in [-0.39, 0.29) is 0 Å². The molecule has 3 nitrogen and oxygen atoms in total. The van der Waals surface area contributed by atoms with Gasteiger partial charge in [0.1, 0.15) is 6.10 Å². The van der Waals surface area contributed by atoms with Gasteiger partial charge in [-0.2, -0.15) is 0 Å². The minimum Gasteiger partial charge on any atom is -0.390 e. The van der Waals surface area contributed by atoms with Crippen molar-refractivity contribution in [2.45, 2.75) is 30.6 Å². The zero-order valence-electron chi connectivity index (χ0n) is 7.93. The zero-order valence-corrected chi connectivity index (χ0v) is 7.93. The van der Waals surface area contributed by atoms with Crippen LogP contribution in [0.15, 0.2) is 30.3 Å². The molecule has 1 aliphatic carbocycles. The van der Waals surface area contributed by atoms with Crippen LogP contribution < -0.4 is 5.73 Å². The maximum absolute atomic E-state index is 9.80. The third-order valence-corrected chi connectivity index (χ3v) is 3.06. The van der Waals surface area contributed by atoms with Crippen LogP contribution in [0.4, 0.5) is 0 Å². The van der Waals surface area contributed by atoms with Gasteiger partial charge in [-0.3, -0.25) is 0 Å². The van der Waals surface area contributed by atoms with Crippen LogP contribution in [0, 0.1) is 0 Å². The van der Waals surface area contributed by atoms with Gasteiger partial charge in [-0.05, 0) is 18.4 Å². The lowest BCUT2D eigenvalue weighted by atomic mass is 9.87. The first kappa shape index (κ1) is 9.65. The van der Waals surface area contributed by atoms with Crippen molar-refractivity contribution < 1.29 is 10.2 Å². The van der Waals surface area contributed by atoms with Gasteiger partial charge in [-0.15, -0.1) is 0 Å². The Balaban J connectivity index is 2.34. The molecule has 4 N–H and O–H groups in total. The van der Waals surface area contributed by atoms with Gasteiger partial charge < -0.3 is 15.9 Å². The van der Waals surface area contributed by atoms with Crippen LogP contribution in [0.25, 0.3) is 0 Å². The minimum atomic E-state index is -0.857. The summed E-state index contributed by atoms with van der Waals surface area (Å²) in [6, 6.07) is 9.47. The fourth-order valence-corrected chi connectivity index (χ4v) is 2.10. The molecular formula is C11H15NO2. The van der Waals surface area contributed by atoms with Crippen molar-refractivity contribution in [1.82, 2.24) is 0 Å². The summed E-state index contributed by atoms with van der Waals surface area (Å²) < 4.78 is 0. The van der Waals surface area contributed by atoms with Gasteiger partial charge in [0.2, 0.25) is 0 Å². The number of nitrogens with two attached hydrogens (primary N) is 1. The van der Waals surface area contributed by atoms with Crippen LogP contribution in [0.5, 0.6) is 0 Å². The molecule has 0 heterocycles. The summed E-state index contributed by atoms with van der Waals surface area (Å²) in [4.78, 5) is 0. The SMILES string of the molecule is N[C@]1(c2ccccc2)CC[C@H](O)[C@H]1O.